The van der Waals surface area contributed by atoms with Gasteiger partial charge in [0.2, 0.25) is 0 Å². The van der Waals surface area contributed by atoms with E-state index in [2.05, 4.69) is 0 Å². The third kappa shape index (κ3) is 1.66. The SMILES string of the molecule is Cn1ccc(=O)c(C(F)(F)F)c1. The summed E-state index contributed by atoms with van der Waals surface area (Å²) in [5.41, 5.74) is -2.13. The van der Waals surface area contributed by atoms with Gasteiger partial charge in [0.15, 0.2) is 5.43 Å². The van der Waals surface area contributed by atoms with Crippen molar-refractivity contribution in [1.82, 2.24) is 4.57 Å². The highest BCUT2D eigenvalue weighted by Crippen LogP contribution is 2.25. The average molecular weight is 177 g/mol. The van der Waals surface area contributed by atoms with E-state index in [4.69, 9.17) is 0 Å². The predicted molar refractivity (Wildman–Crippen MR) is 36.7 cm³/mol. The van der Waals surface area contributed by atoms with Crippen LogP contribution in [-0.2, 0) is 13.2 Å². The third-order valence-electron chi connectivity index (χ3n) is 1.36. The maximum atomic E-state index is 12.0. The summed E-state index contributed by atoms with van der Waals surface area (Å²) in [7, 11) is 1.43. The van der Waals surface area contributed by atoms with Crippen LogP contribution >= 0.6 is 0 Å². The van der Waals surface area contributed by atoms with Gasteiger partial charge in [0.05, 0.1) is 0 Å². The van der Waals surface area contributed by atoms with Gasteiger partial charge in [-0.3, -0.25) is 4.79 Å². The molecule has 0 aromatic carbocycles. The fourth-order valence-electron chi connectivity index (χ4n) is 0.798. The van der Waals surface area contributed by atoms with E-state index >= 15 is 0 Å². The quantitative estimate of drug-likeness (QED) is 0.587. The molecule has 1 aromatic rings. The highest BCUT2D eigenvalue weighted by molar-refractivity contribution is 5.13. The Hall–Kier alpha value is -1.26. The van der Waals surface area contributed by atoms with E-state index in [0.717, 1.165) is 12.3 Å². The number of hydrogen-bond donors (Lipinski definition) is 0. The first-order valence-electron chi connectivity index (χ1n) is 3.15. The molecule has 12 heavy (non-hydrogen) atoms. The average Bonchev–Trinajstić information content (AvgIpc) is 1.92. The molecule has 0 saturated heterocycles. The van der Waals surface area contributed by atoms with Gasteiger partial charge in [-0.2, -0.15) is 13.2 Å². The Bertz CT molecular complexity index is 339. The van der Waals surface area contributed by atoms with Crippen molar-refractivity contribution in [2.75, 3.05) is 0 Å². The second-order valence-corrected chi connectivity index (χ2v) is 2.39. The Morgan fingerprint density at radius 3 is 2.42 bits per heavy atom. The molecular formula is C7H6F3NO. The molecule has 2 nitrogen and oxygen atoms in total. The molecule has 0 aliphatic heterocycles. The monoisotopic (exact) mass is 177 g/mol. The van der Waals surface area contributed by atoms with E-state index < -0.39 is 17.2 Å². The first kappa shape index (κ1) is 8.83. The number of nitrogens with zero attached hydrogens (tertiary/aromatic N) is 1. The zero-order valence-electron chi connectivity index (χ0n) is 6.22. The van der Waals surface area contributed by atoms with Gasteiger partial charge in [-0.05, 0) is 0 Å². The highest BCUT2D eigenvalue weighted by atomic mass is 19.4. The first-order chi connectivity index (χ1) is 5.41. The van der Waals surface area contributed by atoms with Crippen molar-refractivity contribution in [3.8, 4) is 0 Å². The van der Waals surface area contributed by atoms with Crippen LogP contribution in [0.15, 0.2) is 23.3 Å². The minimum Gasteiger partial charge on any atom is -0.356 e. The summed E-state index contributed by atoms with van der Waals surface area (Å²) < 4.78 is 37.2. The van der Waals surface area contributed by atoms with Crippen LogP contribution in [0.1, 0.15) is 5.56 Å². The highest BCUT2D eigenvalue weighted by Gasteiger charge is 2.33. The molecule has 0 unspecified atom stereocenters. The summed E-state index contributed by atoms with van der Waals surface area (Å²) in [6, 6.07) is 0.892. The lowest BCUT2D eigenvalue weighted by molar-refractivity contribution is -0.138. The van der Waals surface area contributed by atoms with E-state index in [9.17, 15) is 18.0 Å². The molecule has 1 aromatic heterocycles. The molecule has 0 fully saturated rings. The van der Waals surface area contributed by atoms with Crippen molar-refractivity contribution < 1.29 is 13.2 Å². The van der Waals surface area contributed by atoms with Crippen LogP contribution in [0.25, 0.3) is 0 Å². The van der Waals surface area contributed by atoms with E-state index in [0.29, 0.717) is 0 Å². The molecule has 0 spiro atoms. The maximum Gasteiger partial charge on any atom is 0.421 e. The van der Waals surface area contributed by atoms with Crippen LogP contribution < -0.4 is 5.43 Å². The van der Waals surface area contributed by atoms with Crippen LogP contribution in [0, 0.1) is 0 Å². The minimum atomic E-state index is -4.56. The van der Waals surface area contributed by atoms with Crippen LogP contribution in [0.2, 0.25) is 0 Å². The number of halogens is 3. The smallest absolute Gasteiger partial charge is 0.356 e. The third-order valence-corrected chi connectivity index (χ3v) is 1.36. The normalized spacial score (nSPS) is 11.7. The molecule has 1 heterocycles. The van der Waals surface area contributed by atoms with Gasteiger partial charge in [0.25, 0.3) is 0 Å². The Labute approximate surface area is 66.2 Å². The molecule has 0 aliphatic carbocycles. The lowest BCUT2D eigenvalue weighted by Crippen LogP contribution is -2.19. The van der Waals surface area contributed by atoms with Crippen molar-refractivity contribution in [3.05, 3.63) is 34.2 Å². The fourth-order valence-corrected chi connectivity index (χ4v) is 0.798. The Kier molecular flexibility index (Phi) is 1.95. The predicted octanol–water partition coefficient (Wildman–Crippen LogP) is 1.40. The van der Waals surface area contributed by atoms with Gasteiger partial charge in [-0.25, -0.2) is 0 Å². The van der Waals surface area contributed by atoms with Crippen molar-refractivity contribution in [1.29, 1.82) is 0 Å². The standard InChI is InChI=1S/C7H6F3NO/c1-11-3-2-6(12)5(4-11)7(8,9)10/h2-4H,1H3. The maximum absolute atomic E-state index is 12.0. The second kappa shape index (κ2) is 2.66. The summed E-state index contributed by atoms with van der Waals surface area (Å²) in [5.74, 6) is 0. The Balaban J connectivity index is 3.33. The zero-order chi connectivity index (χ0) is 9.35. The second-order valence-electron chi connectivity index (χ2n) is 2.39. The summed E-state index contributed by atoms with van der Waals surface area (Å²) in [4.78, 5) is 10.7. The zero-order valence-corrected chi connectivity index (χ0v) is 6.22. The molecule has 1 rings (SSSR count). The molecule has 0 bridgehead atoms. The lowest BCUT2D eigenvalue weighted by atomic mass is 10.2. The van der Waals surface area contributed by atoms with Crippen molar-refractivity contribution in [3.63, 3.8) is 0 Å². The van der Waals surface area contributed by atoms with E-state index in [1.807, 2.05) is 0 Å². The minimum absolute atomic E-state index is 0.766. The lowest BCUT2D eigenvalue weighted by Gasteiger charge is -2.06. The van der Waals surface area contributed by atoms with Gasteiger partial charge < -0.3 is 4.57 Å². The van der Waals surface area contributed by atoms with Crippen LogP contribution in [0.3, 0.4) is 0 Å². The number of rotatable bonds is 0. The summed E-state index contributed by atoms with van der Waals surface area (Å²) in [6.07, 6.45) is -2.52. The van der Waals surface area contributed by atoms with Gasteiger partial charge in [0.1, 0.15) is 5.56 Å². The number of aryl methyl sites for hydroxylation is 1. The number of aromatic nitrogens is 1. The summed E-state index contributed by atoms with van der Waals surface area (Å²) >= 11 is 0. The van der Waals surface area contributed by atoms with E-state index in [1.165, 1.54) is 17.8 Å². The van der Waals surface area contributed by atoms with Gasteiger partial charge in [-0.15, -0.1) is 0 Å². The van der Waals surface area contributed by atoms with Gasteiger partial charge in [0, 0.05) is 25.5 Å². The van der Waals surface area contributed by atoms with Crippen LogP contribution in [-0.4, -0.2) is 4.57 Å². The van der Waals surface area contributed by atoms with Crippen molar-refractivity contribution in [2.24, 2.45) is 7.05 Å². The van der Waals surface area contributed by atoms with E-state index in [1.54, 1.807) is 0 Å². The summed E-state index contributed by atoms with van der Waals surface area (Å²) in [5, 5.41) is 0. The molecule has 66 valence electrons. The molecular weight excluding hydrogens is 171 g/mol. The van der Waals surface area contributed by atoms with Crippen molar-refractivity contribution >= 4 is 0 Å². The molecule has 0 amide bonds. The fraction of sp³-hybridized carbons (Fsp3) is 0.286. The molecule has 5 heteroatoms. The van der Waals surface area contributed by atoms with Gasteiger partial charge in [-0.1, -0.05) is 0 Å². The number of pyridine rings is 1. The molecule has 0 aliphatic rings. The number of hydrogen-bond acceptors (Lipinski definition) is 1. The molecule has 0 saturated carbocycles. The van der Waals surface area contributed by atoms with Crippen LogP contribution in [0.5, 0.6) is 0 Å². The topological polar surface area (TPSA) is 22.0 Å². The van der Waals surface area contributed by atoms with Gasteiger partial charge >= 0.3 is 6.18 Å². The number of alkyl halides is 3. The molecule has 0 radical (unpaired) electrons. The largest absolute Gasteiger partial charge is 0.421 e. The Morgan fingerprint density at radius 1 is 1.42 bits per heavy atom. The van der Waals surface area contributed by atoms with Crippen molar-refractivity contribution in [2.45, 2.75) is 6.18 Å². The molecule has 0 atom stereocenters. The van der Waals surface area contributed by atoms with Crippen LogP contribution in [0.4, 0.5) is 13.2 Å². The van der Waals surface area contributed by atoms with E-state index in [-0.39, 0.29) is 0 Å². The Morgan fingerprint density at radius 2 is 2.00 bits per heavy atom. The first-order valence-corrected chi connectivity index (χ1v) is 3.15. The summed E-state index contributed by atoms with van der Waals surface area (Å²) in [6.45, 7) is 0. The molecule has 0 N–H and O–H groups in total.